The second kappa shape index (κ2) is 2.03. The minimum Gasteiger partial charge on any atom is -0.272 e. The van der Waals surface area contributed by atoms with Gasteiger partial charge in [0.05, 0.1) is 0 Å². The van der Waals surface area contributed by atoms with Crippen LogP contribution in [-0.2, 0) is 0 Å². The normalized spacial score (nSPS) is 58.0. The maximum atomic E-state index is 14.2. The SMILES string of the molecule is CN1C2CC3CC(C2)CC1(F)C3. The highest BCUT2D eigenvalue weighted by atomic mass is 19.1. The van der Waals surface area contributed by atoms with E-state index in [1.54, 1.807) is 0 Å². The van der Waals surface area contributed by atoms with Crippen LogP contribution >= 0.6 is 0 Å². The first-order chi connectivity index (χ1) is 5.67. The van der Waals surface area contributed by atoms with Crippen LogP contribution in [0.3, 0.4) is 0 Å². The molecule has 2 saturated carbocycles. The Morgan fingerprint density at radius 2 is 1.75 bits per heavy atom. The molecule has 0 N–H and O–H groups in total. The Morgan fingerprint density at radius 3 is 2.25 bits per heavy atom. The van der Waals surface area contributed by atoms with E-state index >= 15 is 0 Å². The van der Waals surface area contributed by atoms with Crippen molar-refractivity contribution < 1.29 is 4.39 Å². The summed E-state index contributed by atoms with van der Waals surface area (Å²) >= 11 is 0. The molecule has 0 amide bonds. The van der Waals surface area contributed by atoms with Gasteiger partial charge in [0.2, 0.25) is 0 Å². The van der Waals surface area contributed by atoms with Gasteiger partial charge in [-0.2, -0.15) is 0 Å². The molecular weight excluding hydrogens is 153 g/mol. The quantitative estimate of drug-likeness (QED) is 0.502. The zero-order chi connectivity index (χ0) is 8.34. The Hall–Kier alpha value is -0.110. The molecule has 2 saturated heterocycles. The topological polar surface area (TPSA) is 3.24 Å². The minimum absolute atomic E-state index is 0.571. The summed E-state index contributed by atoms with van der Waals surface area (Å²) in [6, 6.07) is 0.571. The molecule has 0 aromatic rings. The molecule has 0 radical (unpaired) electrons. The van der Waals surface area contributed by atoms with E-state index in [-0.39, 0.29) is 0 Å². The number of hydrogen-bond acceptors (Lipinski definition) is 1. The van der Waals surface area contributed by atoms with Gasteiger partial charge in [0, 0.05) is 6.04 Å². The zero-order valence-electron chi connectivity index (χ0n) is 7.59. The first kappa shape index (κ1) is 7.31. The van der Waals surface area contributed by atoms with E-state index in [2.05, 4.69) is 0 Å². The molecule has 2 heteroatoms. The van der Waals surface area contributed by atoms with Crippen LogP contribution in [0.25, 0.3) is 0 Å². The molecule has 4 bridgehead atoms. The van der Waals surface area contributed by atoms with Crippen LogP contribution in [0.1, 0.15) is 32.1 Å². The number of alkyl halides is 1. The molecule has 2 heterocycles. The van der Waals surface area contributed by atoms with Crippen molar-refractivity contribution in [3.05, 3.63) is 0 Å². The van der Waals surface area contributed by atoms with Crippen LogP contribution < -0.4 is 0 Å². The molecule has 0 spiro atoms. The number of rotatable bonds is 0. The number of piperidine rings is 2. The van der Waals surface area contributed by atoms with Gasteiger partial charge in [-0.05, 0) is 51.0 Å². The predicted molar refractivity (Wildman–Crippen MR) is 45.5 cm³/mol. The van der Waals surface area contributed by atoms with Crippen molar-refractivity contribution >= 4 is 0 Å². The molecule has 0 aromatic carbocycles. The molecule has 68 valence electrons. The first-order valence-corrected chi connectivity index (χ1v) is 5.09. The van der Waals surface area contributed by atoms with Gasteiger partial charge in [0.1, 0.15) is 0 Å². The summed E-state index contributed by atoms with van der Waals surface area (Å²) in [5.74, 6) is 0.516. The third-order valence-electron chi connectivity index (χ3n) is 4.26. The van der Waals surface area contributed by atoms with Crippen molar-refractivity contribution in [1.29, 1.82) is 0 Å². The number of hydrogen-bond donors (Lipinski definition) is 0. The average molecular weight is 169 g/mol. The van der Waals surface area contributed by atoms with Crippen LogP contribution in [-0.4, -0.2) is 23.8 Å². The molecule has 4 rings (SSSR count). The van der Waals surface area contributed by atoms with Gasteiger partial charge in [-0.25, -0.2) is 4.39 Å². The second-order valence-electron chi connectivity index (χ2n) is 5.03. The van der Waals surface area contributed by atoms with Crippen LogP contribution in [0, 0.1) is 11.8 Å². The average Bonchev–Trinajstić information content (AvgIpc) is 1.98. The summed E-state index contributed by atoms with van der Waals surface area (Å²) < 4.78 is 14.2. The van der Waals surface area contributed by atoms with E-state index in [0.717, 1.165) is 12.8 Å². The fourth-order valence-electron chi connectivity index (χ4n) is 3.76. The third kappa shape index (κ3) is 0.769. The molecule has 1 nitrogen and oxygen atoms in total. The summed E-state index contributed by atoms with van der Waals surface area (Å²) in [4.78, 5) is 2.01. The van der Waals surface area contributed by atoms with Gasteiger partial charge in [-0.1, -0.05) is 0 Å². The molecule has 2 aliphatic heterocycles. The third-order valence-corrected chi connectivity index (χ3v) is 4.26. The highest BCUT2D eigenvalue weighted by Crippen LogP contribution is 2.54. The molecular formula is C10H16FN. The van der Waals surface area contributed by atoms with E-state index in [0.29, 0.717) is 17.9 Å². The van der Waals surface area contributed by atoms with Crippen molar-refractivity contribution in [2.24, 2.45) is 11.8 Å². The molecule has 0 aromatic heterocycles. The molecule has 2 aliphatic carbocycles. The molecule has 4 fully saturated rings. The lowest BCUT2D eigenvalue weighted by Gasteiger charge is -2.58. The van der Waals surface area contributed by atoms with Gasteiger partial charge in [0.25, 0.3) is 0 Å². The van der Waals surface area contributed by atoms with Crippen LogP contribution in [0.5, 0.6) is 0 Å². The number of halogens is 1. The van der Waals surface area contributed by atoms with Crippen molar-refractivity contribution in [3.63, 3.8) is 0 Å². The Kier molecular flexibility index (Phi) is 1.24. The summed E-state index contributed by atoms with van der Waals surface area (Å²) in [6.45, 7) is 0. The largest absolute Gasteiger partial charge is 0.272 e. The van der Waals surface area contributed by atoms with Gasteiger partial charge < -0.3 is 0 Å². The molecule has 4 aliphatic rings. The Balaban J connectivity index is 1.97. The van der Waals surface area contributed by atoms with Crippen molar-refractivity contribution in [2.45, 2.75) is 43.9 Å². The Labute approximate surface area is 72.9 Å². The molecule has 2 unspecified atom stereocenters. The first-order valence-electron chi connectivity index (χ1n) is 5.09. The van der Waals surface area contributed by atoms with Crippen molar-refractivity contribution in [2.75, 3.05) is 7.05 Å². The minimum atomic E-state index is -0.908. The number of nitrogens with zero attached hydrogens (tertiary/aromatic N) is 1. The summed E-state index contributed by atoms with van der Waals surface area (Å²) in [7, 11) is 1.97. The fourth-order valence-corrected chi connectivity index (χ4v) is 3.76. The van der Waals surface area contributed by atoms with E-state index in [1.165, 1.54) is 19.3 Å². The predicted octanol–water partition coefficient (Wildman–Crippen LogP) is 2.18. The zero-order valence-corrected chi connectivity index (χ0v) is 7.59. The van der Waals surface area contributed by atoms with Gasteiger partial charge in [-0.15, -0.1) is 0 Å². The summed E-state index contributed by atoms with van der Waals surface area (Å²) in [5, 5.41) is 0. The second-order valence-corrected chi connectivity index (χ2v) is 5.03. The van der Waals surface area contributed by atoms with Crippen molar-refractivity contribution in [3.8, 4) is 0 Å². The Bertz CT molecular complexity index is 202. The standard InChI is InChI=1S/C10H16FN/c1-12-9-3-7-2-8(4-9)6-10(12,11)5-7/h7-9H,2-6H2,1H3. The fraction of sp³-hybridized carbons (Fsp3) is 1.00. The lowest BCUT2D eigenvalue weighted by molar-refractivity contribution is -0.177. The van der Waals surface area contributed by atoms with E-state index < -0.39 is 5.79 Å². The van der Waals surface area contributed by atoms with Gasteiger partial charge >= 0.3 is 0 Å². The maximum Gasteiger partial charge on any atom is 0.164 e. The van der Waals surface area contributed by atoms with Gasteiger partial charge in [0.15, 0.2) is 5.79 Å². The van der Waals surface area contributed by atoms with E-state index in [9.17, 15) is 4.39 Å². The van der Waals surface area contributed by atoms with Crippen LogP contribution in [0.4, 0.5) is 4.39 Å². The van der Waals surface area contributed by atoms with E-state index in [4.69, 9.17) is 0 Å². The maximum absolute atomic E-state index is 14.2. The smallest absolute Gasteiger partial charge is 0.164 e. The van der Waals surface area contributed by atoms with Crippen LogP contribution in [0.2, 0.25) is 0 Å². The molecule has 2 atom stereocenters. The lowest BCUT2D eigenvalue weighted by Crippen LogP contribution is -2.62. The summed E-state index contributed by atoms with van der Waals surface area (Å²) in [5.41, 5.74) is 0. The molecule has 12 heavy (non-hydrogen) atoms. The highest BCUT2D eigenvalue weighted by molar-refractivity contribution is 5.03. The van der Waals surface area contributed by atoms with Gasteiger partial charge in [-0.3, -0.25) is 4.90 Å². The monoisotopic (exact) mass is 169 g/mol. The summed E-state index contributed by atoms with van der Waals surface area (Å²) in [6.07, 6.45) is 5.47. The van der Waals surface area contributed by atoms with E-state index in [1.807, 2.05) is 11.9 Å². The Morgan fingerprint density at radius 1 is 1.17 bits per heavy atom. The van der Waals surface area contributed by atoms with Crippen LogP contribution in [0.15, 0.2) is 0 Å². The van der Waals surface area contributed by atoms with Crippen molar-refractivity contribution in [1.82, 2.24) is 4.90 Å². The highest BCUT2D eigenvalue weighted by Gasteiger charge is 2.54. The lowest BCUT2D eigenvalue weighted by atomic mass is 9.63.